The highest BCUT2D eigenvalue weighted by atomic mass is 79.9. The molecule has 0 bridgehead atoms. The maximum atomic E-state index is 11.8. The molecule has 5 heteroatoms. The van der Waals surface area contributed by atoms with Crippen LogP contribution in [0.1, 0.15) is 22.8 Å². The summed E-state index contributed by atoms with van der Waals surface area (Å²) in [6.07, 6.45) is 0. The van der Waals surface area contributed by atoms with Gasteiger partial charge in [0.05, 0.1) is 23.5 Å². The van der Waals surface area contributed by atoms with Crippen molar-refractivity contribution < 1.29 is 9.53 Å². The third-order valence-corrected chi connectivity index (χ3v) is 3.96. The Morgan fingerprint density at radius 1 is 1.29 bits per heavy atom. The minimum atomic E-state index is -0.355. The lowest BCUT2D eigenvalue weighted by Gasteiger charge is -2.14. The van der Waals surface area contributed by atoms with Crippen LogP contribution in [0, 0.1) is 6.92 Å². The van der Waals surface area contributed by atoms with E-state index >= 15 is 0 Å². The molecule has 0 saturated heterocycles. The zero-order valence-corrected chi connectivity index (χ0v) is 13.5. The molecule has 0 aliphatic heterocycles. The third-order valence-electron chi connectivity index (χ3n) is 3.10. The number of hydrogen-bond donors (Lipinski definition) is 2. The predicted octanol–water partition coefficient (Wildman–Crippen LogP) is 4.26. The maximum absolute atomic E-state index is 11.8. The van der Waals surface area contributed by atoms with E-state index in [0.29, 0.717) is 23.5 Å². The molecule has 0 heterocycles. The number of nitrogen functional groups attached to an aromatic ring is 1. The predicted molar refractivity (Wildman–Crippen MR) is 89.0 cm³/mol. The van der Waals surface area contributed by atoms with Crippen molar-refractivity contribution in [3.63, 3.8) is 0 Å². The number of halogens is 1. The monoisotopic (exact) mass is 348 g/mol. The second kappa shape index (κ2) is 6.63. The Morgan fingerprint density at radius 2 is 2.05 bits per heavy atom. The number of ether oxygens (including phenoxy) is 1. The van der Waals surface area contributed by atoms with Crippen LogP contribution in [0.25, 0.3) is 0 Å². The summed E-state index contributed by atoms with van der Waals surface area (Å²) in [7, 11) is 0. The number of benzene rings is 2. The van der Waals surface area contributed by atoms with Crippen LogP contribution in [0.5, 0.6) is 0 Å². The van der Waals surface area contributed by atoms with Crippen molar-refractivity contribution in [2.45, 2.75) is 13.8 Å². The Morgan fingerprint density at radius 3 is 2.76 bits per heavy atom. The summed E-state index contributed by atoms with van der Waals surface area (Å²) in [6.45, 7) is 4.12. The summed E-state index contributed by atoms with van der Waals surface area (Å²) < 4.78 is 6.01. The molecule has 0 fully saturated rings. The van der Waals surface area contributed by atoms with Gasteiger partial charge in [-0.15, -0.1) is 0 Å². The summed E-state index contributed by atoms with van der Waals surface area (Å²) >= 11 is 3.49. The number of nitrogens with two attached hydrogens (primary N) is 1. The molecule has 0 aliphatic carbocycles. The van der Waals surface area contributed by atoms with Gasteiger partial charge in [-0.25, -0.2) is 4.79 Å². The van der Waals surface area contributed by atoms with Crippen molar-refractivity contribution in [1.82, 2.24) is 0 Å². The molecule has 2 rings (SSSR count). The molecule has 2 aromatic rings. The number of carbonyl (C=O) groups excluding carboxylic acids is 1. The van der Waals surface area contributed by atoms with Crippen molar-refractivity contribution in [1.29, 1.82) is 0 Å². The van der Waals surface area contributed by atoms with Crippen molar-refractivity contribution in [2.24, 2.45) is 0 Å². The molecule has 0 unspecified atom stereocenters. The lowest BCUT2D eigenvalue weighted by Crippen LogP contribution is -2.06. The lowest BCUT2D eigenvalue weighted by molar-refractivity contribution is 0.0526. The summed E-state index contributed by atoms with van der Waals surface area (Å²) in [5, 5.41) is 3.26. The number of hydrogen-bond acceptors (Lipinski definition) is 4. The summed E-state index contributed by atoms with van der Waals surface area (Å²) in [4.78, 5) is 11.8. The van der Waals surface area contributed by atoms with Gasteiger partial charge in [-0.05, 0) is 49.7 Å². The molecule has 0 spiro atoms. The van der Waals surface area contributed by atoms with Crippen molar-refractivity contribution >= 4 is 39.0 Å². The molecule has 3 N–H and O–H groups in total. The van der Waals surface area contributed by atoms with Gasteiger partial charge < -0.3 is 15.8 Å². The molecule has 0 aliphatic rings. The number of anilines is 3. The quantitative estimate of drug-likeness (QED) is 0.639. The molecule has 21 heavy (non-hydrogen) atoms. The highest BCUT2D eigenvalue weighted by Gasteiger charge is 2.10. The van der Waals surface area contributed by atoms with Crippen molar-refractivity contribution in [3.05, 3.63) is 52.0 Å². The van der Waals surface area contributed by atoms with Gasteiger partial charge >= 0.3 is 5.97 Å². The van der Waals surface area contributed by atoms with Gasteiger partial charge in [0.1, 0.15) is 0 Å². The molecular formula is C16H17BrN2O2. The van der Waals surface area contributed by atoms with Crippen LogP contribution < -0.4 is 11.1 Å². The van der Waals surface area contributed by atoms with Gasteiger partial charge in [0.15, 0.2) is 0 Å². The van der Waals surface area contributed by atoms with Crippen LogP contribution >= 0.6 is 15.9 Å². The average Bonchev–Trinajstić information content (AvgIpc) is 2.46. The lowest BCUT2D eigenvalue weighted by atomic mass is 10.1. The average molecular weight is 349 g/mol. The van der Waals surface area contributed by atoms with E-state index in [1.165, 1.54) is 0 Å². The Labute approximate surface area is 132 Å². The summed E-state index contributed by atoms with van der Waals surface area (Å²) in [6, 6.07) is 10.9. The van der Waals surface area contributed by atoms with E-state index in [1.807, 2.05) is 25.1 Å². The normalized spacial score (nSPS) is 10.2. The molecule has 2 aromatic carbocycles. The molecule has 0 amide bonds. The first kappa shape index (κ1) is 15.4. The molecule has 110 valence electrons. The Bertz CT molecular complexity index is 671. The standard InChI is InChI=1S/C16H17BrN2O2/c1-3-21-16(20)11-7-8-13(18)15(9-11)19-14-6-4-5-12(17)10(14)2/h4-9,19H,3,18H2,1-2H3. The molecule has 0 radical (unpaired) electrons. The minimum absolute atomic E-state index is 0.344. The maximum Gasteiger partial charge on any atom is 0.338 e. The van der Waals surface area contributed by atoms with Crippen LogP contribution in [0.2, 0.25) is 0 Å². The van der Waals surface area contributed by atoms with E-state index in [2.05, 4.69) is 21.2 Å². The van der Waals surface area contributed by atoms with Gasteiger partial charge in [0.25, 0.3) is 0 Å². The van der Waals surface area contributed by atoms with E-state index in [9.17, 15) is 4.79 Å². The fraction of sp³-hybridized carbons (Fsp3) is 0.188. The molecule has 0 aromatic heterocycles. The van der Waals surface area contributed by atoms with Crippen molar-refractivity contribution in [3.8, 4) is 0 Å². The van der Waals surface area contributed by atoms with E-state index in [4.69, 9.17) is 10.5 Å². The van der Waals surface area contributed by atoms with Crippen LogP contribution in [-0.4, -0.2) is 12.6 Å². The van der Waals surface area contributed by atoms with Gasteiger partial charge in [-0.2, -0.15) is 0 Å². The molecule has 0 atom stereocenters. The largest absolute Gasteiger partial charge is 0.462 e. The first-order valence-corrected chi connectivity index (χ1v) is 7.41. The fourth-order valence-corrected chi connectivity index (χ4v) is 2.26. The SMILES string of the molecule is CCOC(=O)c1ccc(N)c(Nc2cccc(Br)c2C)c1. The first-order chi connectivity index (χ1) is 10.0. The second-order valence-electron chi connectivity index (χ2n) is 4.56. The topological polar surface area (TPSA) is 64.3 Å². The van der Waals surface area contributed by atoms with E-state index < -0.39 is 0 Å². The Balaban J connectivity index is 2.33. The van der Waals surface area contributed by atoms with Crippen LogP contribution in [-0.2, 0) is 4.74 Å². The fourth-order valence-electron chi connectivity index (χ4n) is 1.89. The molecule has 0 saturated carbocycles. The zero-order chi connectivity index (χ0) is 15.4. The van der Waals surface area contributed by atoms with E-state index in [0.717, 1.165) is 15.7 Å². The number of nitrogens with one attached hydrogen (secondary N) is 1. The van der Waals surface area contributed by atoms with Gasteiger partial charge in [0.2, 0.25) is 0 Å². The van der Waals surface area contributed by atoms with Gasteiger partial charge in [-0.3, -0.25) is 0 Å². The first-order valence-electron chi connectivity index (χ1n) is 6.61. The smallest absolute Gasteiger partial charge is 0.338 e. The highest BCUT2D eigenvalue weighted by Crippen LogP contribution is 2.29. The summed E-state index contributed by atoms with van der Waals surface area (Å²) in [5.74, 6) is -0.355. The van der Waals surface area contributed by atoms with E-state index in [-0.39, 0.29) is 5.97 Å². The van der Waals surface area contributed by atoms with Crippen LogP contribution in [0.4, 0.5) is 17.1 Å². The van der Waals surface area contributed by atoms with Crippen molar-refractivity contribution in [2.75, 3.05) is 17.7 Å². The zero-order valence-electron chi connectivity index (χ0n) is 11.9. The molecule has 4 nitrogen and oxygen atoms in total. The number of esters is 1. The number of carbonyl (C=O) groups is 1. The molecular weight excluding hydrogens is 332 g/mol. The highest BCUT2D eigenvalue weighted by molar-refractivity contribution is 9.10. The van der Waals surface area contributed by atoms with E-state index in [1.54, 1.807) is 25.1 Å². The van der Waals surface area contributed by atoms with Gasteiger partial charge in [-0.1, -0.05) is 22.0 Å². The van der Waals surface area contributed by atoms with Crippen LogP contribution in [0.3, 0.4) is 0 Å². The second-order valence-corrected chi connectivity index (χ2v) is 5.41. The third kappa shape index (κ3) is 3.55. The number of rotatable bonds is 4. The van der Waals surface area contributed by atoms with Crippen LogP contribution in [0.15, 0.2) is 40.9 Å². The Kier molecular flexibility index (Phi) is 4.85. The summed E-state index contributed by atoms with van der Waals surface area (Å²) in [5.41, 5.74) is 9.70. The van der Waals surface area contributed by atoms with Gasteiger partial charge in [0, 0.05) is 10.2 Å². The minimum Gasteiger partial charge on any atom is -0.462 e. The Hall–Kier alpha value is -2.01.